The Morgan fingerprint density at radius 2 is 1.92 bits per heavy atom. The van der Waals surface area contributed by atoms with Crippen LogP contribution in [-0.2, 0) is 4.74 Å². The van der Waals surface area contributed by atoms with Gasteiger partial charge in [0.05, 0.1) is 12.2 Å². The molecule has 3 saturated carbocycles. The molecule has 0 radical (unpaired) electrons. The third-order valence-corrected chi connectivity index (χ3v) is 4.11. The van der Waals surface area contributed by atoms with E-state index in [-0.39, 0.29) is 0 Å². The Labute approximate surface area is 72.8 Å². The van der Waals surface area contributed by atoms with Crippen molar-refractivity contribution in [2.24, 2.45) is 23.7 Å². The fourth-order valence-electron chi connectivity index (χ4n) is 3.17. The number of hydrogen-bond acceptors (Lipinski definition) is 1. The topological polar surface area (TPSA) is 9.23 Å². The van der Waals surface area contributed by atoms with Crippen molar-refractivity contribution in [3.63, 3.8) is 0 Å². The van der Waals surface area contributed by atoms with Crippen molar-refractivity contribution in [3.05, 3.63) is 12.2 Å². The predicted molar refractivity (Wildman–Crippen MR) is 45.6 cm³/mol. The van der Waals surface area contributed by atoms with Crippen molar-refractivity contribution >= 4 is 0 Å². The average molecular weight is 162 g/mol. The van der Waals surface area contributed by atoms with Gasteiger partial charge in [-0.2, -0.15) is 0 Å². The second kappa shape index (κ2) is 1.79. The van der Waals surface area contributed by atoms with E-state index in [1.54, 1.807) is 0 Å². The van der Waals surface area contributed by atoms with Crippen LogP contribution in [0.3, 0.4) is 0 Å². The molecule has 1 heteroatoms. The molecular formula is C11H14O. The molecule has 4 rings (SSSR count). The Bertz CT molecular complexity index is 258. The van der Waals surface area contributed by atoms with Gasteiger partial charge in [-0.15, -0.1) is 0 Å². The SMILES string of the molecule is C1=CC2CC3CC3C2OC2CC12. The first-order valence-corrected chi connectivity index (χ1v) is 5.25. The van der Waals surface area contributed by atoms with Crippen LogP contribution in [0.1, 0.15) is 19.3 Å². The van der Waals surface area contributed by atoms with E-state index in [1.807, 2.05) is 0 Å². The highest BCUT2D eigenvalue weighted by atomic mass is 16.5. The molecule has 0 N–H and O–H groups in total. The van der Waals surface area contributed by atoms with Crippen molar-refractivity contribution in [3.8, 4) is 0 Å². The Kier molecular flexibility index (Phi) is 0.926. The molecule has 0 aromatic carbocycles. The number of hydrogen-bond donors (Lipinski definition) is 0. The number of rotatable bonds is 0. The fourth-order valence-corrected chi connectivity index (χ4v) is 3.17. The van der Waals surface area contributed by atoms with Crippen LogP contribution in [-0.4, -0.2) is 12.2 Å². The Balaban J connectivity index is 1.68. The molecule has 1 aliphatic heterocycles. The number of fused-ring (bicyclic) bond motifs is 4. The molecule has 1 heterocycles. The zero-order chi connectivity index (χ0) is 7.71. The highest BCUT2D eigenvalue weighted by molar-refractivity contribution is 5.16. The van der Waals surface area contributed by atoms with E-state index < -0.39 is 0 Å². The molecule has 3 fully saturated rings. The van der Waals surface area contributed by atoms with E-state index in [4.69, 9.17) is 4.74 Å². The lowest BCUT2D eigenvalue weighted by Gasteiger charge is -2.18. The second-order valence-electron chi connectivity index (χ2n) is 4.98. The first kappa shape index (κ1) is 6.20. The van der Waals surface area contributed by atoms with Crippen molar-refractivity contribution in [2.75, 3.05) is 0 Å². The van der Waals surface area contributed by atoms with Gasteiger partial charge in [0.15, 0.2) is 0 Å². The minimum atomic E-state index is 0.621. The van der Waals surface area contributed by atoms with Gasteiger partial charge in [0.25, 0.3) is 0 Å². The highest BCUT2D eigenvalue weighted by Gasteiger charge is 2.56. The van der Waals surface area contributed by atoms with Crippen LogP contribution in [0.2, 0.25) is 0 Å². The van der Waals surface area contributed by atoms with Crippen LogP contribution in [0.25, 0.3) is 0 Å². The molecule has 0 aromatic heterocycles. The molecule has 0 saturated heterocycles. The van der Waals surface area contributed by atoms with Gasteiger partial charge in [0, 0.05) is 11.8 Å². The van der Waals surface area contributed by atoms with Crippen LogP contribution in [0, 0.1) is 23.7 Å². The van der Waals surface area contributed by atoms with Gasteiger partial charge < -0.3 is 4.74 Å². The summed E-state index contributed by atoms with van der Waals surface area (Å²) in [5.74, 6) is 3.59. The summed E-state index contributed by atoms with van der Waals surface area (Å²) in [4.78, 5) is 0. The number of ether oxygens (including phenoxy) is 1. The first-order chi connectivity index (χ1) is 5.92. The summed E-state index contributed by atoms with van der Waals surface area (Å²) in [5, 5.41) is 0. The summed E-state index contributed by atoms with van der Waals surface area (Å²) in [7, 11) is 0. The molecule has 4 aliphatic rings. The van der Waals surface area contributed by atoms with E-state index in [1.165, 1.54) is 19.3 Å². The summed E-state index contributed by atoms with van der Waals surface area (Å²) >= 11 is 0. The highest BCUT2D eigenvalue weighted by Crippen LogP contribution is 2.58. The first-order valence-electron chi connectivity index (χ1n) is 5.25. The average Bonchev–Trinajstić information content (AvgIpc) is 2.90. The normalized spacial score (nSPS) is 64.7. The lowest BCUT2D eigenvalue weighted by Crippen LogP contribution is -2.21. The van der Waals surface area contributed by atoms with E-state index >= 15 is 0 Å². The van der Waals surface area contributed by atoms with Crippen molar-refractivity contribution < 1.29 is 4.74 Å². The third kappa shape index (κ3) is 0.687. The van der Waals surface area contributed by atoms with Gasteiger partial charge in [0.1, 0.15) is 0 Å². The van der Waals surface area contributed by atoms with Crippen molar-refractivity contribution in [1.82, 2.24) is 0 Å². The van der Waals surface area contributed by atoms with E-state index in [9.17, 15) is 0 Å². The monoisotopic (exact) mass is 162 g/mol. The maximum absolute atomic E-state index is 6.10. The maximum atomic E-state index is 6.10. The molecule has 1 nitrogen and oxygen atoms in total. The molecule has 0 spiro atoms. The fraction of sp³-hybridized carbons (Fsp3) is 0.818. The lowest BCUT2D eigenvalue weighted by molar-refractivity contribution is 0.0107. The molecule has 6 atom stereocenters. The summed E-state index contributed by atoms with van der Waals surface area (Å²) in [6, 6.07) is 0. The zero-order valence-electron chi connectivity index (χ0n) is 7.15. The van der Waals surface area contributed by atoms with Crippen LogP contribution >= 0.6 is 0 Å². The van der Waals surface area contributed by atoms with Gasteiger partial charge in [0.2, 0.25) is 0 Å². The largest absolute Gasteiger partial charge is 0.373 e. The molecule has 64 valence electrons. The predicted octanol–water partition coefficient (Wildman–Crippen LogP) is 1.99. The van der Waals surface area contributed by atoms with E-state index in [0.29, 0.717) is 12.2 Å². The lowest BCUT2D eigenvalue weighted by atomic mass is 10.0. The molecule has 6 unspecified atom stereocenters. The molecule has 3 aliphatic carbocycles. The van der Waals surface area contributed by atoms with Gasteiger partial charge in [-0.3, -0.25) is 0 Å². The van der Waals surface area contributed by atoms with Crippen molar-refractivity contribution in [2.45, 2.75) is 31.5 Å². The Hall–Kier alpha value is -0.300. The zero-order valence-corrected chi connectivity index (χ0v) is 7.15. The van der Waals surface area contributed by atoms with Crippen LogP contribution in [0.4, 0.5) is 0 Å². The second-order valence-corrected chi connectivity index (χ2v) is 4.98. The minimum Gasteiger partial charge on any atom is -0.373 e. The standard InChI is InChI=1S/C11H14O/c1-2-7-3-8-4-9(8)11(7)12-10-5-6(1)10/h1-2,6-11H,3-5H2. The Morgan fingerprint density at radius 3 is 2.92 bits per heavy atom. The Morgan fingerprint density at radius 1 is 1.00 bits per heavy atom. The summed E-state index contributed by atoms with van der Waals surface area (Å²) in [5.41, 5.74) is 0. The van der Waals surface area contributed by atoms with E-state index in [2.05, 4.69) is 12.2 Å². The quantitative estimate of drug-likeness (QED) is 0.495. The summed E-state index contributed by atoms with van der Waals surface area (Å²) in [6.07, 6.45) is 10.3. The van der Waals surface area contributed by atoms with Crippen molar-refractivity contribution in [1.29, 1.82) is 0 Å². The van der Waals surface area contributed by atoms with Crippen LogP contribution in [0.15, 0.2) is 12.2 Å². The summed E-state index contributed by atoms with van der Waals surface area (Å²) in [6.45, 7) is 0. The van der Waals surface area contributed by atoms with Gasteiger partial charge >= 0.3 is 0 Å². The van der Waals surface area contributed by atoms with Gasteiger partial charge in [-0.25, -0.2) is 0 Å². The molecular weight excluding hydrogens is 148 g/mol. The van der Waals surface area contributed by atoms with E-state index in [0.717, 1.165) is 23.7 Å². The van der Waals surface area contributed by atoms with Gasteiger partial charge in [-0.1, -0.05) is 12.2 Å². The summed E-state index contributed by atoms with van der Waals surface area (Å²) < 4.78 is 6.10. The molecule has 0 aromatic rings. The molecule has 0 bridgehead atoms. The minimum absolute atomic E-state index is 0.621. The third-order valence-electron chi connectivity index (χ3n) is 4.11. The van der Waals surface area contributed by atoms with Gasteiger partial charge in [-0.05, 0) is 31.1 Å². The maximum Gasteiger partial charge on any atom is 0.0672 e. The van der Waals surface area contributed by atoms with Crippen LogP contribution < -0.4 is 0 Å². The smallest absolute Gasteiger partial charge is 0.0672 e. The van der Waals surface area contributed by atoms with Crippen LogP contribution in [0.5, 0.6) is 0 Å². The molecule has 12 heavy (non-hydrogen) atoms. The molecule has 0 amide bonds.